The number of nitrogens with zero attached hydrogens (tertiary/aromatic N) is 2. The van der Waals surface area contributed by atoms with Gasteiger partial charge in [-0.3, -0.25) is 4.79 Å². The van der Waals surface area contributed by atoms with Crippen molar-refractivity contribution in [3.8, 4) is 33.1 Å². The molecule has 0 saturated carbocycles. The number of halogens is 3. The van der Waals surface area contributed by atoms with Crippen molar-refractivity contribution in [2.24, 2.45) is 7.05 Å². The van der Waals surface area contributed by atoms with Gasteiger partial charge in [-0.1, -0.05) is 0 Å². The summed E-state index contributed by atoms with van der Waals surface area (Å²) in [6.07, 6.45) is 0. The third kappa shape index (κ3) is 3.41. The molecule has 0 bridgehead atoms. The van der Waals surface area contributed by atoms with Crippen LogP contribution in [0.5, 0.6) is 11.5 Å². The predicted octanol–water partition coefficient (Wildman–Crippen LogP) is 5.08. The van der Waals surface area contributed by atoms with Gasteiger partial charge in [0, 0.05) is 27.6 Å². The zero-order valence-electron chi connectivity index (χ0n) is 15.8. The molecule has 2 aromatic heterocycles. The summed E-state index contributed by atoms with van der Waals surface area (Å²) in [6.45, 7) is -1.39. The highest BCUT2D eigenvalue weighted by Gasteiger charge is 2.24. The Kier molecular flexibility index (Phi) is 4.98. The van der Waals surface area contributed by atoms with Crippen LogP contribution in [0.1, 0.15) is 5.69 Å². The number of hydrogen-bond acceptors (Lipinski definition) is 5. The number of aromatic nitrogens is 2. The molecule has 2 heterocycles. The van der Waals surface area contributed by atoms with E-state index >= 15 is 0 Å². The molecule has 0 aliphatic rings. The van der Waals surface area contributed by atoms with E-state index in [-0.39, 0.29) is 22.8 Å². The van der Waals surface area contributed by atoms with E-state index in [4.69, 9.17) is 0 Å². The van der Waals surface area contributed by atoms with Crippen LogP contribution in [0.2, 0.25) is 0 Å². The maximum absolute atomic E-state index is 14.0. The number of aryl methyl sites for hydroxylation is 2. The van der Waals surface area contributed by atoms with Crippen molar-refractivity contribution in [1.29, 1.82) is 0 Å². The van der Waals surface area contributed by atoms with Crippen LogP contribution in [0.4, 0.5) is 13.2 Å². The van der Waals surface area contributed by atoms with E-state index in [1.165, 1.54) is 42.6 Å². The van der Waals surface area contributed by atoms with Gasteiger partial charge in [0.05, 0.1) is 5.56 Å². The van der Waals surface area contributed by atoms with Gasteiger partial charge in [-0.15, -0.1) is 11.3 Å². The van der Waals surface area contributed by atoms with Gasteiger partial charge in [0.15, 0.2) is 5.75 Å². The van der Waals surface area contributed by atoms with Crippen molar-refractivity contribution >= 4 is 21.4 Å². The highest BCUT2D eigenvalue weighted by molar-refractivity contribution is 7.23. The lowest BCUT2D eigenvalue weighted by molar-refractivity contribution is -0.0498. The molecule has 9 heteroatoms. The summed E-state index contributed by atoms with van der Waals surface area (Å²) in [5.74, 6) is -0.794. The Balaban J connectivity index is 2.03. The Bertz CT molecular complexity index is 1310. The number of thiophene rings is 1. The van der Waals surface area contributed by atoms with Gasteiger partial charge in [-0.05, 0) is 55.0 Å². The minimum absolute atomic E-state index is 0.00440. The average Bonchev–Trinajstić information content (AvgIpc) is 3.05. The Morgan fingerprint density at radius 1 is 1.13 bits per heavy atom. The number of hydrogen-bond donors (Lipinski definition) is 1. The lowest BCUT2D eigenvalue weighted by Gasteiger charge is -2.11. The van der Waals surface area contributed by atoms with Crippen molar-refractivity contribution in [1.82, 2.24) is 9.78 Å². The first-order valence-corrected chi connectivity index (χ1v) is 9.62. The Hall–Kier alpha value is -3.33. The Morgan fingerprint density at radius 2 is 1.83 bits per heavy atom. The second-order valence-electron chi connectivity index (χ2n) is 6.59. The second-order valence-corrected chi connectivity index (χ2v) is 7.64. The summed E-state index contributed by atoms with van der Waals surface area (Å²) in [5, 5.41) is 15.1. The SMILES string of the molecule is Cc1nn(C)c(=O)c(-c2c(-c3ccc(OC(F)F)cc3)sc3ccc(F)cc23)c1O. The van der Waals surface area contributed by atoms with Gasteiger partial charge < -0.3 is 9.84 Å². The fraction of sp³-hybridized carbons (Fsp3) is 0.143. The molecule has 5 nitrogen and oxygen atoms in total. The zero-order chi connectivity index (χ0) is 21.6. The van der Waals surface area contributed by atoms with Crippen LogP contribution in [-0.2, 0) is 7.05 Å². The largest absolute Gasteiger partial charge is 0.505 e. The molecule has 1 N–H and O–H groups in total. The first-order valence-electron chi connectivity index (χ1n) is 8.81. The molecule has 0 spiro atoms. The van der Waals surface area contributed by atoms with E-state index < -0.39 is 18.0 Å². The smallest absolute Gasteiger partial charge is 0.387 e. The van der Waals surface area contributed by atoms with E-state index in [0.717, 1.165) is 4.68 Å². The standard InChI is InChI=1S/C21H15F3N2O3S/c1-10-18(27)17(20(28)26(2)25-10)16-14-9-12(22)5-8-15(14)30-19(16)11-3-6-13(7-4-11)29-21(23)24/h3-9,21,27H,1-2H3. The quantitative estimate of drug-likeness (QED) is 0.488. The van der Waals surface area contributed by atoms with Gasteiger partial charge >= 0.3 is 6.61 Å². The molecule has 4 aromatic rings. The summed E-state index contributed by atoms with van der Waals surface area (Å²) in [7, 11) is 1.46. The minimum Gasteiger partial charge on any atom is -0.505 e. The molecule has 0 aliphatic heterocycles. The Morgan fingerprint density at radius 3 is 2.50 bits per heavy atom. The van der Waals surface area contributed by atoms with Gasteiger partial charge in [-0.2, -0.15) is 13.9 Å². The van der Waals surface area contributed by atoms with Crippen LogP contribution in [0.15, 0.2) is 47.3 Å². The van der Waals surface area contributed by atoms with Crippen molar-refractivity contribution < 1.29 is 23.0 Å². The van der Waals surface area contributed by atoms with E-state index in [2.05, 4.69) is 9.84 Å². The number of rotatable bonds is 4. The summed E-state index contributed by atoms with van der Waals surface area (Å²) < 4.78 is 45.1. The molecular weight excluding hydrogens is 417 g/mol. The molecular formula is C21H15F3N2O3S. The first-order chi connectivity index (χ1) is 14.3. The molecule has 0 unspecified atom stereocenters. The highest BCUT2D eigenvalue weighted by atomic mass is 32.1. The molecule has 2 aromatic carbocycles. The summed E-state index contributed by atoms with van der Waals surface area (Å²) >= 11 is 1.29. The normalized spacial score (nSPS) is 11.4. The molecule has 0 saturated heterocycles. The minimum atomic E-state index is -2.95. The zero-order valence-corrected chi connectivity index (χ0v) is 16.6. The van der Waals surface area contributed by atoms with Gasteiger partial charge in [0.2, 0.25) is 0 Å². The average molecular weight is 432 g/mol. The van der Waals surface area contributed by atoms with Crippen LogP contribution < -0.4 is 10.3 Å². The molecule has 0 amide bonds. The van der Waals surface area contributed by atoms with Crippen molar-refractivity contribution in [3.63, 3.8) is 0 Å². The maximum atomic E-state index is 14.0. The number of benzene rings is 2. The van der Waals surface area contributed by atoms with Gasteiger partial charge in [0.1, 0.15) is 17.3 Å². The van der Waals surface area contributed by atoms with Crippen molar-refractivity contribution in [2.75, 3.05) is 0 Å². The first kappa shape index (κ1) is 20.0. The maximum Gasteiger partial charge on any atom is 0.387 e. The van der Waals surface area contributed by atoms with E-state index in [1.807, 2.05) is 0 Å². The number of aromatic hydroxyl groups is 1. The van der Waals surface area contributed by atoms with Crippen LogP contribution >= 0.6 is 11.3 Å². The highest BCUT2D eigenvalue weighted by Crippen LogP contribution is 2.46. The molecule has 0 atom stereocenters. The Labute approximate surface area is 172 Å². The second kappa shape index (κ2) is 7.49. The predicted molar refractivity (Wildman–Crippen MR) is 109 cm³/mol. The molecule has 154 valence electrons. The summed E-state index contributed by atoms with van der Waals surface area (Å²) in [6, 6.07) is 10.1. The van der Waals surface area contributed by atoms with Crippen LogP contribution in [-0.4, -0.2) is 21.5 Å². The van der Waals surface area contributed by atoms with E-state index in [0.29, 0.717) is 26.1 Å². The number of fused-ring (bicyclic) bond motifs is 1. The van der Waals surface area contributed by atoms with Gasteiger partial charge in [0.25, 0.3) is 5.56 Å². The lowest BCUT2D eigenvalue weighted by Crippen LogP contribution is -2.22. The van der Waals surface area contributed by atoms with Crippen LogP contribution in [0, 0.1) is 12.7 Å². The monoisotopic (exact) mass is 432 g/mol. The van der Waals surface area contributed by atoms with Crippen LogP contribution in [0.25, 0.3) is 31.7 Å². The third-order valence-corrected chi connectivity index (χ3v) is 5.85. The fourth-order valence-electron chi connectivity index (χ4n) is 3.30. The molecule has 4 rings (SSSR count). The van der Waals surface area contributed by atoms with Crippen molar-refractivity contribution in [2.45, 2.75) is 13.5 Å². The fourth-order valence-corrected chi connectivity index (χ4v) is 4.49. The summed E-state index contributed by atoms with van der Waals surface area (Å²) in [5.41, 5.74) is 0.671. The van der Waals surface area contributed by atoms with Crippen LogP contribution in [0.3, 0.4) is 0 Å². The van der Waals surface area contributed by atoms with E-state index in [9.17, 15) is 23.1 Å². The summed E-state index contributed by atoms with van der Waals surface area (Å²) in [4.78, 5) is 13.5. The molecule has 0 fully saturated rings. The topological polar surface area (TPSA) is 64.4 Å². The van der Waals surface area contributed by atoms with Crippen molar-refractivity contribution in [3.05, 3.63) is 64.3 Å². The lowest BCUT2D eigenvalue weighted by atomic mass is 9.98. The number of ether oxygens (including phenoxy) is 1. The van der Waals surface area contributed by atoms with E-state index in [1.54, 1.807) is 25.1 Å². The molecule has 0 radical (unpaired) electrons. The molecule has 0 aliphatic carbocycles. The number of alkyl halides is 2. The molecule has 30 heavy (non-hydrogen) atoms. The van der Waals surface area contributed by atoms with Gasteiger partial charge in [-0.25, -0.2) is 9.07 Å². The third-order valence-electron chi connectivity index (χ3n) is 4.63.